The van der Waals surface area contributed by atoms with Gasteiger partial charge in [0, 0.05) is 12.6 Å². The maximum Gasteiger partial charge on any atom is 0.260 e. The fraction of sp³-hybridized carbons (Fsp3) is 0.188. The summed E-state index contributed by atoms with van der Waals surface area (Å²) in [5.41, 5.74) is 1.71. The summed E-state index contributed by atoms with van der Waals surface area (Å²) in [5.74, 6) is 0.706. The Morgan fingerprint density at radius 1 is 1.00 bits per heavy atom. The zero-order valence-corrected chi connectivity index (χ0v) is 11.0. The second-order valence-corrected chi connectivity index (χ2v) is 4.73. The molecule has 0 spiro atoms. The minimum atomic E-state index is -0.113. The van der Waals surface area contributed by atoms with E-state index in [-0.39, 0.29) is 5.56 Å². The molecule has 0 saturated heterocycles. The van der Waals surface area contributed by atoms with E-state index in [9.17, 15) is 4.79 Å². The number of hydrogen-bond acceptors (Lipinski definition) is 3. The van der Waals surface area contributed by atoms with Crippen LogP contribution in [0.15, 0.2) is 53.5 Å². The lowest BCUT2D eigenvalue weighted by molar-refractivity contribution is 0.771. The Labute approximate surface area is 116 Å². The predicted octanol–water partition coefficient (Wildman–Crippen LogP) is 2.49. The Bertz CT molecular complexity index is 765. The lowest BCUT2D eigenvalue weighted by Crippen LogP contribution is -2.12. The van der Waals surface area contributed by atoms with Crippen LogP contribution in [-0.4, -0.2) is 15.0 Å². The minimum Gasteiger partial charge on any atom is -0.310 e. The van der Waals surface area contributed by atoms with Crippen molar-refractivity contribution >= 4 is 11.0 Å². The molecule has 0 saturated carbocycles. The van der Waals surface area contributed by atoms with Crippen molar-refractivity contribution in [2.45, 2.75) is 19.3 Å². The summed E-state index contributed by atoms with van der Waals surface area (Å²) in [6, 6.07) is 13.8. The van der Waals surface area contributed by atoms with E-state index in [1.807, 2.05) is 18.2 Å². The number of rotatable bonds is 4. The third-order valence-corrected chi connectivity index (χ3v) is 3.25. The lowest BCUT2D eigenvalue weighted by Gasteiger charge is -2.03. The van der Waals surface area contributed by atoms with Crippen LogP contribution in [0.1, 0.15) is 17.8 Å². The third kappa shape index (κ3) is 2.74. The van der Waals surface area contributed by atoms with Gasteiger partial charge in [0.25, 0.3) is 5.56 Å². The van der Waals surface area contributed by atoms with E-state index in [4.69, 9.17) is 0 Å². The number of hydrogen-bond donors (Lipinski definition) is 1. The maximum absolute atomic E-state index is 11.9. The van der Waals surface area contributed by atoms with E-state index in [1.165, 1.54) is 5.56 Å². The highest BCUT2D eigenvalue weighted by Gasteiger charge is 2.04. The molecule has 3 rings (SSSR count). The molecule has 20 heavy (non-hydrogen) atoms. The van der Waals surface area contributed by atoms with Crippen molar-refractivity contribution in [2.24, 2.45) is 0 Å². The largest absolute Gasteiger partial charge is 0.310 e. The third-order valence-electron chi connectivity index (χ3n) is 3.25. The number of aromatic amines is 1. The molecule has 2 aromatic heterocycles. The molecular weight excluding hydrogens is 250 g/mol. The smallest absolute Gasteiger partial charge is 0.260 e. The van der Waals surface area contributed by atoms with Gasteiger partial charge in [-0.25, -0.2) is 9.97 Å². The van der Waals surface area contributed by atoms with Crippen LogP contribution in [0.5, 0.6) is 0 Å². The molecule has 1 N–H and O–H groups in total. The molecule has 0 aliphatic rings. The van der Waals surface area contributed by atoms with Gasteiger partial charge in [-0.15, -0.1) is 0 Å². The van der Waals surface area contributed by atoms with Crippen LogP contribution < -0.4 is 5.56 Å². The van der Waals surface area contributed by atoms with Crippen molar-refractivity contribution in [2.75, 3.05) is 0 Å². The number of aromatic nitrogens is 3. The number of aryl methyl sites for hydroxylation is 2. The molecule has 0 fully saturated rings. The first-order chi connectivity index (χ1) is 9.83. The highest BCUT2D eigenvalue weighted by atomic mass is 16.1. The molecule has 100 valence electrons. The Balaban J connectivity index is 1.73. The van der Waals surface area contributed by atoms with Gasteiger partial charge in [-0.2, -0.15) is 0 Å². The Kier molecular flexibility index (Phi) is 3.54. The summed E-state index contributed by atoms with van der Waals surface area (Å²) in [7, 11) is 0. The van der Waals surface area contributed by atoms with Crippen LogP contribution in [0.4, 0.5) is 0 Å². The van der Waals surface area contributed by atoms with Crippen LogP contribution in [0.3, 0.4) is 0 Å². The second-order valence-electron chi connectivity index (χ2n) is 4.73. The SMILES string of the molecule is O=c1[nH]c(CCCc2ccccc2)nc2ncccc12. The van der Waals surface area contributed by atoms with E-state index in [1.54, 1.807) is 18.3 Å². The van der Waals surface area contributed by atoms with Gasteiger partial charge < -0.3 is 4.98 Å². The summed E-state index contributed by atoms with van der Waals surface area (Å²) in [5, 5.41) is 0.541. The van der Waals surface area contributed by atoms with Crippen molar-refractivity contribution < 1.29 is 0 Å². The number of nitrogens with zero attached hydrogens (tertiary/aromatic N) is 2. The molecule has 3 aromatic rings. The molecule has 0 amide bonds. The van der Waals surface area contributed by atoms with Gasteiger partial charge >= 0.3 is 0 Å². The standard InChI is InChI=1S/C16H15N3O/c20-16-13-9-5-11-17-15(13)18-14(19-16)10-4-8-12-6-2-1-3-7-12/h1-3,5-7,9,11H,4,8,10H2,(H,17,18,19,20). The van der Waals surface area contributed by atoms with Gasteiger partial charge in [0.05, 0.1) is 5.39 Å². The molecule has 0 atom stereocenters. The van der Waals surface area contributed by atoms with Crippen LogP contribution in [0.25, 0.3) is 11.0 Å². The normalized spacial score (nSPS) is 10.8. The van der Waals surface area contributed by atoms with Gasteiger partial charge in [-0.1, -0.05) is 30.3 Å². The van der Waals surface area contributed by atoms with Crippen LogP contribution >= 0.6 is 0 Å². The Morgan fingerprint density at radius 3 is 2.70 bits per heavy atom. The van der Waals surface area contributed by atoms with E-state index in [0.717, 1.165) is 19.3 Å². The molecule has 1 aromatic carbocycles. The van der Waals surface area contributed by atoms with Crippen molar-refractivity contribution in [3.05, 3.63) is 70.4 Å². The summed E-state index contributed by atoms with van der Waals surface area (Å²) in [4.78, 5) is 23.3. The Morgan fingerprint density at radius 2 is 1.85 bits per heavy atom. The van der Waals surface area contributed by atoms with Gasteiger partial charge in [0.1, 0.15) is 5.82 Å². The van der Waals surface area contributed by atoms with Crippen LogP contribution in [0.2, 0.25) is 0 Å². The van der Waals surface area contributed by atoms with Crippen molar-refractivity contribution in [1.29, 1.82) is 0 Å². The lowest BCUT2D eigenvalue weighted by atomic mass is 10.1. The number of pyridine rings is 1. The van der Waals surface area contributed by atoms with E-state index in [0.29, 0.717) is 16.9 Å². The zero-order valence-electron chi connectivity index (χ0n) is 11.0. The molecule has 0 radical (unpaired) electrons. The molecule has 2 heterocycles. The quantitative estimate of drug-likeness (QED) is 0.788. The first-order valence-corrected chi connectivity index (χ1v) is 6.71. The summed E-state index contributed by atoms with van der Waals surface area (Å²) in [6.07, 6.45) is 4.33. The van der Waals surface area contributed by atoms with Crippen molar-refractivity contribution in [1.82, 2.24) is 15.0 Å². The average Bonchev–Trinajstić information content (AvgIpc) is 2.48. The first-order valence-electron chi connectivity index (χ1n) is 6.71. The minimum absolute atomic E-state index is 0.113. The topological polar surface area (TPSA) is 58.6 Å². The average molecular weight is 265 g/mol. The van der Waals surface area contributed by atoms with E-state index >= 15 is 0 Å². The van der Waals surface area contributed by atoms with Crippen molar-refractivity contribution in [3.8, 4) is 0 Å². The summed E-state index contributed by atoms with van der Waals surface area (Å²) in [6.45, 7) is 0. The van der Waals surface area contributed by atoms with Gasteiger partial charge in [0.2, 0.25) is 0 Å². The highest BCUT2D eigenvalue weighted by Crippen LogP contribution is 2.07. The monoisotopic (exact) mass is 265 g/mol. The fourth-order valence-corrected chi connectivity index (χ4v) is 2.24. The number of H-pyrrole nitrogens is 1. The zero-order chi connectivity index (χ0) is 13.8. The highest BCUT2D eigenvalue weighted by molar-refractivity contribution is 5.72. The molecular formula is C16H15N3O. The maximum atomic E-state index is 11.9. The second kappa shape index (κ2) is 5.65. The molecule has 0 aliphatic heterocycles. The molecule has 0 aliphatic carbocycles. The Hall–Kier alpha value is -2.49. The van der Waals surface area contributed by atoms with E-state index in [2.05, 4.69) is 27.1 Å². The van der Waals surface area contributed by atoms with E-state index < -0.39 is 0 Å². The predicted molar refractivity (Wildman–Crippen MR) is 78.6 cm³/mol. The number of fused-ring (bicyclic) bond motifs is 1. The molecule has 0 bridgehead atoms. The molecule has 4 heteroatoms. The fourth-order valence-electron chi connectivity index (χ4n) is 2.24. The molecule has 0 unspecified atom stereocenters. The summed E-state index contributed by atoms with van der Waals surface area (Å²) < 4.78 is 0. The number of benzene rings is 1. The van der Waals surface area contributed by atoms with Crippen LogP contribution in [0, 0.1) is 0 Å². The summed E-state index contributed by atoms with van der Waals surface area (Å²) >= 11 is 0. The van der Waals surface area contributed by atoms with Crippen LogP contribution in [-0.2, 0) is 12.8 Å². The first kappa shape index (κ1) is 12.5. The number of nitrogens with one attached hydrogen (secondary N) is 1. The van der Waals surface area contributed by atoms with Crippen molar-refractivity contribution in [3.63, 3.8) is 0 Å². The van der Waals surface area contributed by atoms with Gasteiger partial charge in [-0.3, -0.25) is 4.79 Å². The van der Waals surface area contributed by atoms with Gasteiger partial charge in [-0.05, 0) is 30.5 Å². The van der Waals surface area contributed by atoms with Gasteiger partial charge in [0.15, 0.2) is 5.65 Å². The molecule has 4 nitrogen and oxygen atoms in total.